The first-order valence-electron chi connectivity index (χ1n) is 6.81. The fourth-order valence-corrected chi connectivity index (χ4v) is 2.97. The monoisotopic (exact) mass is 310 g/mol. The Labute approximate surface area is 132 Å². The summed E-state index contributed by atoms with van der Waals surface area (Å²) in [7, 11) is 0. The third-order valence-corrected chi connectivity index (χ3v) is 4.51. The van der Waals surface area contributed by atoms with Gasteiger partial charge in [-0.15, -0.1) is 0 Å². The minimum atomic E-state index is -0.535. The zero-order valence-corrected chi connectivity index (χ0v) is 12.8. The molecule has 0 amide bonds. The second kappa shape index (κ2) is 6.12. The molecule has 1 N–H and O–H groups in total. The molecule has 0 spiro atoms. The van der Waals surface area contributed by atoms with E-state index >= 15 is 0 Å². The summed E-state index contributed by atoms with van der Waals surface area (Å²) in [4.78, 5) is 13.3. The van der Waals surface area contributed by atoms with Crippen LogP contribution in [0.15, 0.2) is 79.7 Å². The van der Waals surface area contributed by atoms with Crippen LogP contribution in [0.4, 0.5) is 0 Å². The van der Waals surface area contributed by atoms with Crippen molar-refractivity contribution in [2.45, 2.75) is 16.7 Å². The molecule has 110 valence electrons. The Balaban J connectivity index is 2.01. The van der Waals surface area contributed by atoms with Gasteiger partial charge in [-0.3, -0.25) is 0 Å². The molecule has 0 saturated heterocycles. The number of hydrogen-bond donors (Lipinski definition) is 1. The third kappa shape index (κ3) is 2.92. The van der Waals surface area contributed by atoms with Gasteiger partial charge in [0.05, 0.1) is 0 Å². The molecule has 1 heterocycles. The van der Waals surface area contributed by atoms with Gasteiger partial charge in [0.2, 0.25) is 0 Å². The molecule has 0 aliphatic rings. The lowest BCUT2D eigenvalue weighted by molar-refractivity contribution is 0.430. The van der Waals surface area contributed by atoms with Crippen molar-refractivity contribution in [2.24, 2.45) is 0 Å². The largest absolute Gasteiger partial charge is 0.506 e. The number of rotatable bonds is 3. The number of benzene rings is 2. The van der Waals surface area contributed by atoms with Gasteiger partial charge >= 0.3 is 5.63 Å². The van der Waals surface area contributed by atoms with Gasteiger partial charge in [0.1, 0.15) is 16.4 Å². The summed E-state index contributed by atoms with van der Waals surface area (Å²) >= 11 is 1.22. The molecule has 2 aromatic carbocycles. The van der Waals surface area contributed by atoms with Gasteiger partial charge in [0, 0.05) is 16.5 Å². The van der Waals surface area contributed by atoms with Crippen LogP contribution in [-0.4, -0.2) is 5.11 Å². The molecule has 0 bridgehead atoms. The lowest BCUT2D eigenvalue weighted by Crippen LogP contribution is -2.03. The first kappa shape index (κ1) is 14.5. The zero-order chi connectivity index (χ0) is 15.5. The zero-order valence-electron chi connectivity index (χ0n) is 11.9. The summed E-state index contributed by atoms with van der Waals surface area (Å²) in [6, 6.07) is 18.4. The number of aromatic hydroxyl groups is 1. The van der Waals surface area contributed by atoms with E-state index in [-0.39, 0.29) is 10.6 Å². The van der Waals surface area contributed by atoms with E-state index in [2.05, 4.69) is 0 Å². The van der Waals surface area contributed by atoms with Crippen molar-refractivity contribution >= 4 is 11.8 Å². The second-order valence-corrected chi connectivity index (χ2v) is 5.90. The van der Waals surface area contributed by atoms with Crippen LogP contribution in [0, 0.1) is 6.92 Å². The van der Waals surface area contributed by atoms with Gasteiger partial charge < -0.3 is 9.52 Å². The van der Waals surface area contributed by atoms with E-state index < -0.39 is 5.63 Å². The van der Waals surface area contributed by atoms with Gasteiger partial charge in [-0.1, -0.05) is 60.3 Å². The van der Waals surface area contributed by atoms with Crippen LogP contribution < -0.4 is 5.63 Å². The summed E-state index contributed by atoms with van der Waals surface area (Å²) in [5, 5.41) is 10.2. The van der Waals surface area contributed by atoms with Crippen molar-refractivity contribution in [1.82, 2.24) is 0 Å². The van der Waals surface area contributed by atoms with Gasteiger partial charge in [0.25, 0.3) is 0 Å². The molecule has 0 aliphatic carbocycles. The average Bonchev–Trinajstić information content (AvgIpc) is 2.53. The quantitative estimate of drug-likeness (QED) is 0.775. The van der Waals surface area contributed by atoms with Crippen LogP contribution in [0.3, 0.4) is 0 Å². The van der Waals surface area contributed by atoms with Crippen molar-refractivity contribution in [3.8, 4) is 17.1 Å². The molecular weight excluding hydrogens is 296 g/mol. The maximum Gasteiger partial charge on any atom is 0.354 e. The topological polar surface area (TPSA) is 50.4 Å². The summed E-state index contributed by atoms with van der Waals surface area (Å²) in [6.45, 7) is 1.96. The molecule has 0 unspecified atom stereocenters. The Kier molecular flexibility index (Phi) is 4.02. The van der Waals surface area contributed by atoms with Gasteiger partial charge in [-0.2, -0.15) is 0 Å². The summed E-state index contributed by atoms with van der Waals surface area (Å²) in [5.41, 5.74) is 1.26. The van der Waals surface area contributed by atoms with E-state index in [1.165, 1.54) is 17.8 Å². The van der Waals surface area contributed by atoms with Crippen molar-refractivity contribution in [3.63, 3.8) is 0 Å². The maximum absolute atomic E-state index is 12.2. The SMILES string of the molecule is Cc1ccccc1Sc1c(O)cc(-c2ccccc2)oc1=O. The van der Waals surface area contributed by atoms with Gasteiger partial charge in [0.15, 0.2) is 0 Å². The molecule has 22 heavy (non-hydrogen) atoms. The van der Waals surface area contributed by atoms with Crippen LogP contribution in [0.1, 0.15) is 5.56 Å². The highest BCUT2D eigenvalue weighted by Crippen LogP contribution is 2.35. The van der Waals surface area contributed by atoms with E-state index in [0.717, 1.165) is 16.0 Å². The molecular formula is C18H14O3S. The Morgan fingerprint density at radius 3 is 2.36 bits per heavy atom. The fourth-order valence-electron chi connectivity index (χ4n) is 2.09. The number of hydrogen-bond acceptors (Lipinski definition) is 4. The lowest BCUT2D eigenvalue weighted by atomic mass is 10.1. The normalized spacial score (nSPS) is 10.6. The Bertz CT molecular complexity index is 854. The maximum atomic E-state index is 12.2. The highest BCUT2D eigenvalue weighted by molar-refractivity contribution is 7.99. The minimum absolute atomic E-state index is 0.0663. The van der Waals surface area contributed by atoms with Crippen LogP contribution >= 0.6 is 11.8 Å². The predicted molar refractivity (Wildman–Crippen MR) is 87.4 cm³/mol. The molecule has 3 aromatic rings. The second-order valence-electron chi connectivity index (χ2n) is 4.85. The standard InChI is InChI=1S/C18H14O3S/c1-12-7-5-6-10-16(12)22-17-14(19)11-15(21-18(17)20)13-8-3-2-4-9-13/h2-11,19H,1H3. The smallest absolute Gasteiger partial charge is 0.354 e. The van der Waals surface area contributed by atoms with Crippen molar-refractivity contribution in [2.75, 3.05) is 0 Å². The molecule has 0 fully saturated rings. The minimum Gasteiger partial charge on any atom is -0.506 e. The van der Waals surface area contributed by atoms with E-state index in [0.29, 0.717) is 5.76 Å². The average molecular weight is 310 g/mol. The molecule has 0 radical (unpaired) electrons. The van der Waals surface area contributed by atoms with E-state index in [1.54, 1.807) is 0 Å². The molecule has 3 rings (SSSR count). The molecule has 0 atom stereocenters. The Morgan fingerprint density at radius 2 is 1.68 bits per heavy atom. The Hall–Kier alpha value is -2.46. The highest BCUT2D eigenvalue weighted by atomic mass is 32.2. The third-order valence-electron chi connectivity index (χ3n) is 3.25. The molecule has 0 aliphatic heterocycles. The van der Waals surface area contributed by atoms with E-state index in [9.17, 15) is 9.90 Å². The summed E-state index contributed by atoms with van der Waals surface area (Å²) < 4.78 is 5.35. The number of aryl methyl sites for hydroxylation is 1. The van der Waals surface area contributed by atoms with Gasteiger partial charge in [-0.25, -0.2) is 4.79 Å². The van der Waals surface area contributed by atoms with Crippen LogP contribution in [-0.2, 0) is 0 Å². The van der Waals surface area contributed by atoms with Crippen molar-refractivity contribution < 1.29 is 9.52 Å². The van der Waals surface area contributed by atoms with Gasteiger partial charge in [-0.05, 0) is 18.6 Å². The molecule has 4 heteroatoms. The first-order valence-corrected chi connectivity index (χ1v) is 7.63. The Morgan fingerprint density at radius 1 is 1.00 bits per heavy atom. The summed E-state index contributed by atoms with van der Waals surface area (Å²) in [6.07, 6.45) is 0. The van der Waals surface area contributed by atoms with Crippen LogP contribution in [0.2, 0.25) is 0 Å². The summed E-state index contributed by atoms with van der Waals surface area (Å²) in [5.74, 6) is 0.292. The first-order chi connectivity index (χ1) is 10.6. The van der Waals surface area contributed by atoms with Crippen molar-refractivity contribution in [1.29, 1.82) is 0 Å². The highest BCUT2D eigenvalue weighted by Gasteiger charge is 2.14. The van der Waals surface area contributed by atoms with Crippen LogP contribution in [0.5, 0.6) is 5.75 Å². The lowest BCUT2D eigenvalue weighted by Gasteiger charge is -2.07. The van der Waals surface area contributed by atoms with Crippen molar-refractivity contribution in [3.05, 3.63) is 76.6 Å². The van der Waals surface area contributed by atoms with Crippen LogP contribution in [0.25, 0.3) is 11.3 Å². The fraction of sp³-hybridized carbons (Fsp3) is 0.0556. The van der Waals surface area contributed by atoms with E-state index in [4.69, 9.17) is 4.42 Å². The predicted octanol–water partition coefficient (Wildman–Crippen LogP) is 4.47. The molecule has 1 aromatic heterocycles. The molecule has 3 nitrogen and oxygen atoms in total. The molecule has 0 saturated carbocycles. The van der Waals surface area contributed by atoms with E-state index in [1.807, 2.05) is 61.5 Å².